The molecule has 0 aliphatic heterocycles. The molecular weight excluding hydrogens is 614 g/mol. The van der Waals surface area contributed by atoms with E-state index in [9.17, 15) is 14.4 Å². The Morgan fingerprint density at radius 2 is 1.57 bits per heavy atom. The average molecular weight is 662 g/mol. The number of amidine groups is 1. The maximum absolute atomic E-state index is 12.8. The maximum atomic E-state index is 12.8. The summed E-state index contributed by atoms with van der Waals surface area (Å²) in [5, 5.41) is 26.5. The van der Waals surface area contributed by atoms with Gasteiger partial charge in [0.15, 0.2) is 0 Å². The van der Waals surface area contributed by atoms with Crippen molar-refractivity contribution >= 4 is 45.9 Å². The summed E-state index contributed by atoms with van der Waals surface area (Å²) in [6, 6.07) is 17.1. The van der Waals surface area contributed by atoms with Crippen molar-refractivity contribution in [3.8, 4) is 0 Å². The van der Waals surface area contributed by atoms with Crippen LogP contribution in [0.4, 0.5) is 9.93 Å². The summed E-state index contributed by atoms with van der Waals surface area (Å²) in [6.07, 6.45) is 4.01. The molecule has 3 amide bonds. The highest BCUT2D eigenvalue weighted by molar-refractivity contribution is 7.15. The largest absolute Gasteiger partial charge is 0.444 e. The molecule has 1 heterocycles. The molecule has 0 atom stereocenters. The molecule has 3 rings (SSSR count). The first-order valence-corrected chi connectivity index (χ1v) is 16.6. The first-order valence-electron chi connectivity index (χ1n) is 15.8. The van der Waals surface area contributed by atoms with E-state index in [4.69, 9.17) is 10.1 Å². The standard InChI is InChI=1S/C35H47N7O4S/c1-34(2,3)46-33(45)40-35(4,5)26-16-12-15-25(21-26)23-30(44)39-32-42-41-31(47-32)18-11-10-17-27(36)19-20-28(37-6)38-29(43)22-24-13-8-7-9-14-24/h7-9,12-16,21,36H,10-11,17-20,22-23H2,1-6H3,(H,40,45)(H,37,38,43)(H,39,42,44). The van der Waals surface area contributed by atoms with Crippen LogP contribution in [0, 0.1) is 5.41 Å². The Morgan fingerprint density at radius 3 is 2.28 bits per heavy atom. The number of rotatable bonds is 15. The van der Waals surface area contributed by atoms with E-state index in [0.29, 0.717) is 42.4 Å². The highest BCUT2D eigenvalue weighted by Crippen LogP contribution is 2.23. The van der Waals surface area contributed by atoms with E-state index in [-0.39, 0.29) is 24.7 Å². The van der Waals surface area contributed by atoms with E-state index in [1.165, 1.54) is 11.3 Å². The van der Waals surface area contributed by atoms with Crippen molar-refractivity contribution in [1.82, 2.24) is 20.8 Å². The third-order valence-corrected chi connectivity index (χ3v) is 7.98. The van der Waals surface area contributed by atoms with Crippen molar-refractivity contribution < 1.29 is 19.1 Å². The Labute approximate surface area is 281 Å². The second-order valence-corrected chi connectivity index (χ2v) is 13.9. The first-order chi connectivity index (χ1) is 22.2. The molecule has 3 aromatic rings. The van der Waals surface area contributed by atoms with Crippen LogP contribution in [0.15, 0.2) is 59.6 Å². The molecule has 252 valence electrons. The molecule has 12 heteroatoms. The third kappa shape index (κ3) is 13.8. The minimum atomic E-state index is -0.700. The number of aryl methyl sites for hydroxylation is 1. The lowest BCUT2D eigenvalue weighted by Gasteiger charge is -2.29. The lowest BCUT2D eigenvalue weighted by atomic mass is 9.92. The molecule has 1 aromatic heterocycles. The van der Waals surface area contributed by atoms with Crippen molar-refractivity contribution in [2.75, 3.05) is 12.4 Å². The van der Waals surface area contributed by atoms with Gasteiger partial charge in [0.2, 0.25) is 16.9 Å². The smallest absolute Gasteiger partial charge is 0.408 e. The predicted octanol–water partition coefficient (Wildman–Crippen LogP) is 6.38. The lowest BCUT2D eigenvalue weighted by Crippen LogP contribution is -2.43. The van der Waals surface area contributed by atoms with Crippen LogP contribution in [-0.2, 0) is 39.1 Å². The normalized spacial score (nSPS) is 11.9. The van der Waals surface area contributed by atoms with Crippen LogP contribution < -0.4 is 16.0 Å². The summed E-state index contributed by atoms with van der Waals surface area (Å²) in [4.78, 5) is 41.6. The number of aliphatic imine (C=N–C) groups is 1. The third-order valence-electron chi connectivity index (χ3n) is 7.08. The highest BCUT2D eigenvalue weighted by Gasteiger charge is 2.26. The van der Waals surface area contributed by atoms with Gasteiger partial charge in [-0.25, -0.2) is 4.79 Å². The summed E-state index contributed by atoms with van der Waals surface area (Å²) in [5.74, 6) is 0.271. The van der Waals surface area contributed by atoms with Crippen molar-refractivity contribution in [2.45, 2.75) is 97.1 Å². The lowest BCUT2D eigenvalue weighted by molar-refractivity contribution is -0.119. The Hall–Kier alpha value is -4.45. The molecular formula is C35H47N7O4S. The molecule has 0 unspecified atom stereocenters. The number of amides is 3. The van der Waals surface area contributed by atoms with Crippen LogP contribution >= 0.6 is 11.3 Å². The fourth-order valence-corrected chi connectivity index (χ4v) is 5.48. The number of unbranched alkanes of at least 4 members (excludes halogenated alkanes) is 1. The Bertz CT molecular complexity index is 1540. The molecule has 0 saturated carbocycles. The number of hydrogen-bond acceptors (Lipinski definition) is 9. The van der Waals surface area contributed by atoms with Gasteiger partial charge in [0, 0.05) is 25.6 Å². The van der Waals surface area contributed by atoms with Gasteiger partial charge in [-0.15, -0.1) is 10.2 Å². The van der Waals surface area contributed by atoms with Gasteiger partial charge in [0.1, 0.15) is 16.4 Å². The summed E-state index contributed by atoms with van der Waals surface area (Å²) >= 11 is 1.35. The first kappa shape index (κ1) is 37.0. The molecule has 0 radical (unpaired) electrons. The second kappa shape index (κ2) is 17.5. The summed E-state index contributed by atoms with van der Waals surface area (Å²) in [6.45, 7) is 9.21. The molecule has 47 heavy (non-hydrogen) atoms. The minimum Gasteiger partial charge on any atom is -0.444 e. The zero-order valence-electron chi connectivity index (χ0n) is 28.2. The predicted molar refractivity (Wildman–Crippen MR) is 187 cm³/mol. The number of carbonyl (C=O) groups excluding carboxylic acids is 3. The quantitative estimate of drug-likeness (QED) is 0.0841. The average Bonchev–Trinajstić information content (AvgIpc) is 3.43. The zero-order chi connectivity index (χ0) is 34.5. The van der Waals surface area contributed by atoms with Crippen LogP contribution in [0.1, 0.15) is 88.4 Å². The molecule has 0 fully saturated rings. The Balaban J connectivity index is 1.37. The van der Waals surface area contributed by atoms with Gasteiger partial charge in [-0.05, 0) is 77.0 Å². The number of benzene rings is 2. The molecule has 4 N–H and O–H groups in total. The van der Waals surface area contributed by atoms with Gasteiger partial charge >= 0.3 is 6.09 Å². The molecule has 0 saturated heterocycles. The van der Waals surface area contributed by atoms with Gasteiger partial charge in [-0.1, -0.05) is 65.9 Å². The highest BCUT2D eigenvalue weighted by atomic mass is 32.1. The number of carbonyl (C=O) groups is 3. The van der Waals surface area contributed by atoms with Gasteiger partial charge in [0.25, 0.3) is 0 Å². The number of hydrogen-bond donors (Lipinski definition) is 4. The SMILES string of the molecule is CN=C(CCC(=N)CCCCc1nnc(NC(=O)Cc2cccc(C(C)(C)NC(=O)OC(C)(C)C)c2)s1)NC(=O)Cc1ccccc1. The second-order valence-electron chi connectivity index (χ2n) is 12.9. The van der Waals surface area contributed by atoms with E-state index in [2.05, 4.69) is 31.1 Å². The van der Waals surface area contributed by atoms with Gasteiger partial charge in [-0.3, -0.25) is 14.6 Å². The van der Waals surface area contributed by atoms with Crippen molar-refractivity contribution in [1.29, 1.82) is 5.41 Å². The molecule has 11 nitrogen and oxygen atoms in total. The molecule has 0 spiro atoms. The van der Waals surface area contributed by atoms with Gasteiger partial charge < -0.3 is 26.1 Å². The number of alkyl carbamates (subject to hydrolysis) is 1. The monoisotopic (exact) mass is 661 g/mol. The number of aromatic nitrogens is 2. The molecule has 0 aliphatic rings. The van der Waals surface area contributed by atoms with Crippen LogP contribution in [0.5, 0.6) is 0 Å². The summed E-state index contributed by atoms with van der Waals surface area (Å²) < 4.78 is 5.39. The van der Waals surface area contributed by atoms with Crippen LogP contribution in [-0.4, -0.2) is 52.3 Å². The number of ether oxygens (including phenoxy) is 1. The number of anilines is 1. The van der Waals surface area contributed by atoms with E-state index < -0.39 is 17.2 Å². The summed E-state index contributed by atoms with van der Waals surface area (Å²) in [5.41, 5.74) is 1.91. The van der Waals surface area contributed by atoms with Crippen molar-refractivity contribution in [3.63, 3.8) is 0 Å². The van der Waals surface area contributed by atoms with Gasteiger partial charge in [0.05, 0.1) is 18.4 Å². The number of nitrogens with zero attached hydrogens (tertiary/aromatic N) is 3. The molecule has 2 aromatic carbocycles. The van der Waals surface area contributed by atoms with E-state index in [1.54, 1.807) is 7.05 Å². The van der Waals surface area contributed by atoms with Crippen molar-refractivity contribution in [2.24, 2.45) is 4.99 Å². The molecule has 0 aliphatic carbocycles. The van der Waals surface area contributed by atoms with E-state index >= 15 is 0 Å². The van der Waals surface area contributed by atoms with Crippen LogP contribution in [0.3, 0.4) is 0 Å². The topological polar surface area (TPSA) is 159 Å². The number of nitrogens with one attached hydrogen (secondary N) is 4. The molecule has 0 bridgehead atoms. The minimum absolute atomic E-state index is 0.112. The van der Waals surface area contributed by atoms with Crippen molar-refractivity contribution in [3.05, 3.63) is 76.3 Å². The Morgan fingerprint density at radius 1 is 0.872 bits per heavy atom. The zero-order valence-corrected chi connectivity index (χ0v) is 29.1. The Kier molecular flexibility index (Phi) is 13.8. The fraction of sp³-hybridized carbons (Fsp3) is 0.457. The van der Waals surface area contributed by atoms with E-state index in [1.807, 2.05) is 89.2 Å². The fourth-order valence-electron chi connectivity index (χ4n) is 4.68. The van der Waals surface area contributed by atoms with Gasteiger partial charge in [-0.2, -0.15) is 0 Å². The van der Waals surface area contributed by atoms with Crippen LogP contribution in [0.2, 0.25) is 0 Å². The van der Waals surface area contributed by atoms with Crippen LogP contribution in [0.25, 0.3) is 0 Å². The van der Waals surface area contributed by atoms with E-state index in [0.717, 1.165) is 34.5 Å². The summed E-state index contributed by atoms with van der Waals surface area (Å²) in [7, 11) is 1.65. The maximum Gasteiger partial charge on any atom is 0.408 e.